The predicted molar refractivity (Wildman–Crippen MR) is 87.7 cm³/mol. The molecule has 106 valence electrons. The SMILES string of the molecule is CNc1nc(-c2cc(C)nc(C)c2)nc(COC)c1I. The number of aromatic nitrogens is 3. The van der Waals surface area contributed by atoms with E-state index in [1.54, 1.807) is 7.11 Å². The highest BCUT2D eigenvalue weighted by Gasteiger charge is 2.13. The summed E-state index contributed by atoms with van der Waals surface area (Å²) in [5, 5.41) is 3.10. The maximum atomic E-state index is 5.21. The van der Waals surface area contributed by atoms with Gasteiger partial charge in [-0.15, -0.1) is 0 Å². The molecular formula is C14H17IN4O. The van der Waals surface area contributed by atoms with Gasteiger partial charge in [-0.3, -0.25) is 4.98 Å². The molecule has 0 atom stereocenters. The fraction of sp³-hybridized carbons (Fsp3) is 0.357. The van der Waals surface area contributed by atoms with Crippen molar-refractivity contribution >= 4 is 28.4 Å². The average Bonchev–Trinajstić information content (AvgIpc) is 2.40. The van der Waals surface area contributed by atoms with E-state index in [0.29, 0.717) is 12.4 Å². The number of halogens is 1. The number of methoxy groups -OCH3 is 1. The monoisotopic (exact) mass is 384 g/mol. The summed E-state index contributed by atoms with van der Waals surface area (Å²) < 4.78 is 6.20. The summed E-state index contributed by atoms with van der Waals surface area (Å²) in [4.78, 5) is 13.6. The second kappa shape index (κ2) is 6.45. The quantitative estimate of drug-likeness (QED) is 0.822. The lowest BCUT2D eigenvalue weighted by Gasteiger charge is -2.11. The zero-order valence-corrected chi connectivity index (χ0v) is 14.1. The molecule has 0 saturated heterocycles. The lowest BCUT2D eigenvalue weighted by Crippen LogP contribution is -2.06. The maximum absolute atomic E-state index is 5.21. The Labute approximate surface area is 132 Å². The summed E-state index contributed by atoms with van der Waals surface area (Å²) in [5.41, 5.74) is 3.78. The van der Waals surface area contributed by atoms with E-state index < -0.39 is 0 Å². The van der Waals surface area contributed by atoms with Crippen molar-refractivity contribution in [1.29, 1.82) is 0 Å². The zero-order chi connectivity index (χ0) is 14.7. The van der Waals surface area contributed by atoms with Crippen LogP contribution >= 0.6 is 22.6 Å². The molecule has 6 heteroatoms. The summed E-state index contributed by atoms with van der Waals surface area (Å²) in [6.07, 6.45) is 0. The largest absolute Gasteiger partial charge is 0.378 e. The van der Waals surface area contributed by atoms with Gasteiger partial charge in [-0.05, 0) is 48.6 Å². The highest BCUT2D eigenvalue weighted by Crippen LogP contribution is 2.25. The van der Waals surface area contributed by atoms with Crippen LogP contribution in [0.2, 0.25) is 0 Å². The molecule has 20 heavy (non-hydrogen) atoms. The van der Waals surface area contributed by atoms with Crippen molar-refractivity contribution in [1.82, 2.24) is 15.0 Å². The Balaban J connectivity index is 2.58. The topological polar surface area (TPSA) is 59.9 Å². The van der Waals surface area contributed by atoms with Gasteiger partial charge in [-0.2, -0.15) is 0 Å². The molecule has 2 heterocycles. The van der Waals surface area contributed by atoms with Crippen molar-refractivity contribution in [3.63, 3.8) is 0 Å². The molecule has 1 N–H and O–H groups in total. The summed E-state index contributed by atoms with van der Waals surface area (Å²) >= 11 is 2.23. The van der Waals surface area contributed by atoms with Crippen LogP contribution in [0.25, 0.3) is 11.4 Å². The minimum atomic E-state index is 0.464. The average molecular weight is 384 g/mol. The number of hydrogen-bond acceptors (Lipinski definition) is 5. The third-order valence-electron chi connectivity index (χ3n) is 2.78. The van der Waals surface area contributed by atoms with Crippen LogP contribution in [0.4, 0.5) is 5.82 Å². The second-order valence-electron chi connectivity index (χ2n) is 4.48. The third-order valence-corrected chi connectivity index (χ3v) is 3.91. The van der Waals surface area contributed by atoms with E-state index in [4.69, 9.17) is 4.74 Å². The molecule has 0 spiro atoms. The Morgan fingerprint density at radius 3 is 2.35 bits per heavy atom. The third kappa shape index (κ3) is 3.24. The van der Waals surface area contributed by atoms with Gasteiger partial charge in [0, 0.05) is 31.1 Å². The number of hydrogen-bond donors (Lipinski definition) is 1. The number of anilines is 1. The van der Waals surface area contributed by atoms with Crippen LogP contribution in [-0.2, 0) is 11.3 Å². The van der Waals surface area contributed by atoms with E-state index in [-0.39, 0.29) is 0 Å². The van der Waals surface area contributed by atoms with E-state index in [2.05, 4.69) is 42.9 Å². The summed E-state index contributed by atoms with van der Waals surface area (Å²) in [5.74, 6) is 1.50. The Kier molecular flexibility index (Phi) is 4.87. The van der Waals surface area contributed by atoms with Crippen molar-refractivity contribution in [2.45, 2.75) is 20.5 Å². The molecule has 0 amide bonds. The smallest absolute Gasteiger partial charge is 0.162 e. The molecule has 0 aliphatic rings. The number of nitrogens with zero attached hydrogens (tertiary/aromatic N) is 3. The number of ether oxygens (including phenoxy) is 1. The van der Waals surface area contributed by atoms with Crippen LogP contribution in [0, 0.1) is 17.4 Å². The molecule has 0 bridgehead atoms. The lowest BCUT2D eigenvalue weighted by molar-refractivity contribution is 0.181. The molecule has 0 unspecified atom stereocenters. The van der Waals surface area contributed by atoms with Crippen LogP contribution in [0.1, 0.15) is 17.1 Å². The molecule has 2 aromatic heterocycles. The van der Waals surface area contributed by atoms with E-state index in [9.17, 15) is 0 Å². The first-order valence-electron chi connectivity index (χ1n) is 6.24. The number of pyridine rings is 1. The lowest BCUT2D eigenvalue weighted by atomic mass is 10.2. The molecule has 0 radical (unpaired) electrons. The van der Waals surface area contributed by atoms with Crippen molar-refractivity contribution < 1.29 is 4.74 Å². The van der Waals surface area contributed by atoms with Gasteiger partial charge in [0.15, 0.2) is 5.82 Å². The highest BCUT2D eigenvalue weighted by molar-refractivity contribution is 14.1. The van der Waals surface area contributed by atoms with Crippen molar-refractivity contribution in [3.05, 3.63) is 32.8 Å². The molecule has 5 nitrogen and oxygen atoms in total. The van der Waals surface area contributed by atoms with Gasteiger partial charge in [-0.25, -0.2) is 9.97 Å². The van der Waals surface area contributed by atoms with Gasteiger partial charge in [0.1, 0.15) is 5.82 Å². The van der Waals surface area contributed by atoms with Crippen LogP contribution in [0.5, 0.6) is 0 Å². The molecule has 0 saturated carbocycles. The molecule has 0 aliphatic heterocycles. The van der Waals surface area contributed by atoms with Gasteiger partial charge >= 0.3 is 0 Å². The Hall–Kier alpha value is -1.28. The van der Waals surface area contributed by atoms with Crippen LogP contribution in [0.3, 0.4) is 0 Å². The van der Waals surface area contributed by atoms with Crippen LogP contribution in [0.15, 0.2) is 12.1 Å². The summed E-state index contributed by atoms with van der Waals surface area (Å²) in [6, 6.07) is 3.98. The predicted octanol–water partition coefficient (Wildman–Crippen LogP) is 2.95. The van der Waals surface area contributed by atoms with Gasteiger partial charge < -0.3 is 10.1 Å². The highest BCUT2D eigenvalue weighted by atomic mass is 127. The summed E-state index contributed by atoms with van der Waals surface area (Å²) in [7, 11) is 3.52. The van der Waals surface area contributed by atoms with Crippen LogP contribution < -0.4 is 5.32 Å². The minimum absolute atomic E-state index is 0.464. The number of nitrogens with one attached hydrogen (secondary N) is 1. The van der Waals surface area contributed by atoms with E-state index in [1.165, 1.54) is 0 Å². The zero-order valence-electron chi connectivity index (χ0n) is 12.0. The number of aryl methyl sites for hydroxylation is 2. The van der Waals surface area contributed by atoms with Crippen LogP contribution in [-0.4, -0.2) is 29.1 Å². The molecule has 0 aliphatic carbocycles. The summed E-state index contributed by atoms with van der Waals surface area (Å²) in [6.45, 7) is 4.40. The van der Waals surface area contributed by atoms with Gasteiger partial charge in [-0.1, -0.05) is 0 Å². The molecule has 0 aromatic carbocycles. The van der Waals surface area contributed by atoms with E-state index in [1.807, 2.05) is 33.0 Å². The Morgan fingerprint density at radius 2 is 1.80 bits per heavy atom. The van der Waals surface area contributed by atoms with Crippen molar-refractivity contribution in [3.8, 4) is 11.4 Å². The standard InChI is InChI=1S/C14H17IN4O/c1-8-5-10(6-9(2)17-8)13-18-11(7-20-4)12(15)14(16-3)19-13/h5-6H,7H2,1-4H3,(H,16,18,19). The fourth-order valence-corrected chi connectivity index (χ4v) is 2.65. The van der Waals surface area contributed by atoms with Gasteiger partial charge in [0.25, 0.3) is 0 Å². The Morgan fingerprint density at radius 1 is 1.15 bits per heavy atom. The maximum Gasteiger partial charge on any atom is 0.162 e. The molecule has 0 fully saturated rings. The molecule has 2 rings (SSSR count). The van der Waals surface area contributed by atoms with E-state index >= 15 is 0 Å². The fourth-order valence-electron chi connectivity index (χ4n) is 1.98. The van der Waals surface area contributed by atoms with Gasteiger partial charge in [0.2, 0.25) is 0 Å². The van der Waals surface area contributed by atoms with Gasteiger partial charge in [0.05, 0.1) is 15.9 Å². The van der Waals surface area contributed by atoms with Crippen molar-refractivity contribution in [2.24, 2.45) is 0 Å². The first kappa shape index (κ1) is 15.1. The molecular weight excluding hydrogens is 367 g/mol. The Bertz CT molecular complexity index is 611. The molecule has 2 aromatic rings. The van der Waals surface area contributed by atoms with E-state index in [0.717, 1.165) is 32.0 Å². The van der Waals surface area contributed by atoms with Crippen molar-refractivity contribution in [2.75, 3.05) is 19.5 Å². The normalized spacial score (nSPS) is 10.7. The second-order valence-corrected chi connectivity index (χ2v) is 5.56. The number of rotatable bonds is 4. The minimum Gasteiger partial charge on any atom is -0.378 e. The first-order valence-corrected chi connectivity index (χ1v) is 7.31. The first-order chi connectivity index (χ1) is 9.55.